The third-order valence-electron chi connectivity index (χ3n) is 6.39. The van der Waals surface area contributed by atoms with Gasteiger partial charge in [-0.25, -0.2) is 4.79 Å². The van der Waals surface area contributed by atoms with Crippen LogP contribution in [0.1, 0.15) is 51.7 Å². The fourth-order valence-electron chi connectivity index (χ4n) is 3.97. The maximum atomic E-state index is 11.3. The molecule has 2 atom stereocenters. The molecule has 41 heavy (non-hydrogen) atoms. The number of likely N-dealkylation sites (N-methyl/N-ethyl adjacent to an activating group) is 2. The fourth-order valence-corrected chi connectivity index (χ4v) is 4.07. The number of carbonyl (C=O) groups excluding carboxylic acids is 2. The van der Waals surface area contributed by atoms with Crippen molar-refractivity contribution >= 4 is 27.9 Å². The molecule has 0 fully saturated rings. The molecule has 6 N–H and O–H groups in total. The molecule has 10 heteroatoms. The van der Waals surface area contributed by atoms with Gasteiger partial charge < -0.3 is 31.2 Å². The lowest BCUT2D eigenvalue weighted by atomic mass is 10.0. The molecular formula is C31H50BrN5O4. The van der Waals surface area contributed by atoms with Gasteiger partial charge in [-0.15, -0.1) is 0 Å². The van der Waals surface area contributed by atoms with Crippen LogP contribution in [0.5, 0.6) is 0 Å². The predicted octanol–water partition coefficient (Wildman–Crippen LogP) is 4.10. The Morgan fingerprint density at radius 1 is 0.780 bits per heavy atom. The van der Waals surface area contributed by atoms with Crippen LogP contribution < -0.4 is 27.0 Å². The molecule has 2 aromatic carbocycles. The number of primary amides is 1. The summed E-state index contributed by atoms with van der Waals surface area (Å²) in [4.78, 5) is 21.6. The van der Waals surface area contributed by atoms with Gasteiger partial charge >= 0.3 is 6.03 Å². The predicted molar refractivity (Wildman–Crippen MR) is 170 cm³/mol. The Labute approximate surface area is 254 Å². The van der Waals surface area contributed by atoms with Gasteiger partial charge in [-0.05, 0) is 37.1 Å². The number of ether oxygens (including phenoxy) is 2. The van der Waals surface area contributed by atoms with Gasteiger partial charge in [-0.2, -0.15) is 0 Å². The number of hydrogen-bond donors (Lipinski definition) is 5. The quantitative estimate of drug-likeness (QED) is 0.147. The van der Waals surface area contributed by atoms with Gasteiger partial charge in [-0.1, -0.05) is 104 Å². The molecule has 0 saturated heterocycles. The molecule has 0 spiro atoms. The summed E-state index contributed by atoms with van der Waals surface area (Å²) in [5.41, 5.74) is 7.22. The lowest BCUT2D eigenvalue weighted by molar-refractivity contribution is -0.122. The lowest BCUT2D eigenvalue weighted by Crippen LogP contribution is -2.47. The van der Waals surface area contributed by atoms with Crippen molar-refractivity contribution in [2.24, 2.45) is 5.73 Å². The molecule has 0 aliphatic rings. The smallest absolute Gasteiger partial charge is 0.318 e. The first kappa shape index (κ1) is 36.7. The van der Waals surface area contributed by atoms with E-state index in [-0.39, 0.29) is 18.0 Å². The topological polar surface area (TPSA) is 127 Å². The summed E-state index contributed by atoms with van der Waals surface area (Å²) in [6.07, 6.45) is 1.23. The molecule has 0 heterocycles. The van der Waals surface area contributed by atoms with Crippen molar-refractivity contribution in [1.29, 1.82) is 0 Å². The van der Waals surface area contributed by atoms with Crippen molar-refractivity contribution in [1.82, 2.24) is 21.3 Å². The molecule has 2 aromatic rings. The minimum absolute atomic E-state index is 0.288. The molecule has 0 radical (unpaired) electrons. The van der Waals surface area contributed by atoms with Gasteiger partial charge in [-0.3, -0.25) is 10.1 Å². The van der Waals surface area contributed by atoms with Crippen LogP contribution in [0.3, 0.4) is 0 Å². The van der Waals surface area contributed by atoms with Crippen LogP contribution in [0, 0.1) is 0 Å². The number of carbonyl (C=O) groups is 2. The first-order chi connectivity index (χ1) is 19.8. The normalized spacial score (nSPS) is 12.6. The second-order valence-corrected chi connectivity index (χ2v) is 11.2. The highest BCUT2D eigenvalue weighted by Crippen LogP contribution is 2.26. The standard InChI is InChI=1S/C24H37N3O2.C7H13BrN2O2/c1-3-26-23(19-28-17-21-11-7-5-8-12-21)15-25-16-24(27-4-2)20-29-18-22-13-9-6-10-14-22;1-3-7(8,4-2)5(11)10-6(9)12/h5-14,23-27H,3-4,15-20H2,1-2H3;3-4H2,1-2H3,(H3,9,10,11,12). The number of benzene rings is 2. The van der Waals surface area contributed by atoms with Gasteiger partial charge in [0.15, 0.2) is 0 Å². The molecule has 0 aromatic heterocycles. The summed E-state index contributed by atoms with van der Waals surface area (Å²) in [6.45, 7) is 14.2. The molecular weight excluding hydrogens is 586 g/mol. The minimum atomic E-state index is -0.814. The maximum Gasteiger partial charge on any atom is 0.318 e. The monoisotopic (exact) mass is 635 g/mol. The van der Waals surface area contributed by atoms with E-state index in [0.29, 0.717) is 39.3 Å². The van der Waals surface area contributed by atoms with Crippen molar-refractivity contribution in [3.05, 3.63) is 71.8 Å². The van der Waals surface area contributed by atoms with Crippen molar-refractivity contribution in [2.45, 2.75) is 70.2 Å². The number of amides is 3. The van der Waals surface area contributed by atoms with E-state index < -0.39 is 10.4 Å². The van der Waals surface area contributed by atoms with Gasteiger partial charge in [0.1, 0.15) is 4.32 Å². The number of hydrogen-bond acceptors (Lipinski definition) is 7. The zero-order chi connectivity index (χ0) is 30.3. The van der Waals surface area contributed by atoms with E-state index in [1.807, 2.05) is 55.6 Å². The van der Waals surface area contributed by atoms with Crippen molar-refractivity contribution in [2.75, 3.05) is 39.4 Å². The molecule has 9 nitrogen and oxygen atoms in total. The number of halogens is 1. The summed E-state index contributed by atoms with van der Waals surface area (Å²) in [5.74, 6) is -0.375. The van der Waals surface area contributed by atoms with E-state index in [1.165, 1.54) is 11.1 Å². The summed E-state index contributed by atoms with van der Waals surface area (Å²) < 4.78 is 11.2. The van der Waals surface area contributed by atoms with Crippen LogP contribution >= 0.6 is 15.9 Å². The van der Waals surface area contributed by atoms with E-state index in [2.05, 4.69) is 70.0 Å². The summed E-state index contributed by atoms with van der Waals surface area (Å²) in [6, 6.07) is 20.4. The van der Waals surface area contributed by atoms with E-state index >= 15 is 0 Å². The Kier molecular flexibility index (Phi) is 19.9. The molecule has 2 rings (SSSR count). The minimum Gasteiger partial charge on any atom is -0.375 e. The highest BCUT2D eigenvalue weighted by Gasteiger charge is 2.32. The number of urea groups is 1. The zero-order valence-electron chi connectivity index (χ0n) is 25.1. The molecule has 230 valence electrons. The van der Waals surface area contributed by atoms with Crippen LogP contribution in [-0.2, 0) is 27.5 Å². The number of imide groups is 1. The van der Waals surface area contributed by atoms with E-state index in [4.69, 9.17) is 15.2 Å². The summed E-state index contributed by atoms with van der Waals surface area (Å²) in [5, 5.41) is 12.6. The largest absolute Gasteiger partial charge is 0.375 e. The summed E-state index contributed by atoms with van der Waals surface area (Å²) >= 11 is 3.26. The van der Waals surface area contributed by atoms with Crippen LogP contribution in [-0.4, -0.2) is 67.7 Å². The first-order valence-electron chi connectivity index (χ1n) is 14.5. The fraction of sp³-hybridized carbons (Fsp3) is 0.548. The van der Waals surface area contributed by atoms with E-state index in [9.17, 15) is 9.59 Å². The van der Waals surface area contributed by atoms with Crippen molar-refractivity contribution < 1.29 is 19.1 Å². The number of alkyl halides is 1. The SMILES string of the molecule is CCC(Br)(CC)C(=O)NC(N)=O.CCNC(CNCC(COCc1ccccc1)NCC)COCc1ccccc1. The van der Waals surface area contributed by atoms with Gasteiger partial charge in [0.05, 0.1) is 26.4 Å². The maximum absolute atomic E-state index is 11.3. The Morgan fingerprint density at radius 2 is 1.20 bits per heavy atom. The number of rotatable bonds is 19. The third-order valence-corrected chi connectivity index (χ3v) is 7.87. The molecule has 0 saturated carbocycles. The van der Waals surface area contributed by atoms with E-state index in [0.717, 1.165) is 26.2 Å². The van der Waals surface area contributed by atoms with Gasteiger partial charge in [0.2, 0.25) is 5.91 Å². The van der Waals surface area contributed by atoms with Crippen molar-refractivity contribution in [3.8, 4) is 0 Å². The van der Waals surface area contributed by atoms with E-state index in [1.54, 1.807) is 0 Å². The zero-order valence-corrected chi connectivity index (χ0v) is 26.7. The average Bonchev–Trinajstić information content (AvgIpc) is 2.98. The molecule has 2 unspecified atom stereocenters. The highest BCUT2D eigenvalue weighted by atomic mass is 79.9. The van der Waals surface area contributed by atoms with Crippen LogP contribution in [0.25, 0.3) is 0 Å². The number of nitrogens with one attached hydrogen (secondary N) is 4. The molecule has 0 aliphatic heterocycles. The Morgan fingerprint density at radius 3 is 1.54 bits per heavy atom. The highest BCUT2D eigenvalue weighted by molar-refractivity contribution is 9.10. The first-order valence-corrected chi connectivity index (χ1v) is 15.3. The second kappa shape index (κ2) is 22.3. The van der Waals surface area contributed by atoms with Crippen LogP contribution in [0.2, 0.25) is 0 Å². The van der Waals surface area contributed by atoms with Crippen molar-refractivity contribution in [3.63, 3.8) is 0 Å². The summed E-state index contributed by atoms with van der Waals surface area (Å²) in [7, 11) is 0. The third kappa shape index (κ3) is 16.6. The average molecular weight is 637 g/mol. The Balaban J connectivity index is 0.000000590. The Hall–Kier alpha value is -2.34. The van der Waals surface area contributed by atoms with Gasteiger partial charge in [0, 0.05) is 25.2 Å². The molecule has 3 amide bonds. The molecule has 0 bridgehead atoms. The van der Waals surface area contributed by atoms with Gasteiger partial charge in [0.25, 0.3) is 0 Å². The molecule has 0 aliphatic carbocycles. The lowest BCUT2D eigenvalue weighted by Gasteiger charge is -2.22. The number of nitrogens with two attached hydrogens (primary N) is 1. The second-order valence-electron chi connectivity index (χ2n) is 9.66. The van der Waals surface area contributed by atoms with Crippen LogP contribution in [0.15, 0.2) is 60.7 Å². The van der Waals surface area contributed by atoms with Crippen LogP contribution in [0.4, 0.5) is 4.79 Å². The Bertz CT molecular complexity index is 893.